The van der Waals surface area contributed by atoms with Gasteiger partial charge in [-0.1, -0.05) is 53.0 Å². The van der Waals surface area contributed by atoms with Crippen molar-refractivity contribution in [3.63, 3.8) is 0 Å². The van der Waals surface area contributed by atoms with Crippen molar-refractivity contribution >= 4 is 29.4 Å². The van der Waals surface area contributed by atoms with E-state index in [2.05, 4.69) is 0 Å². The Morgan fingerprint density at radius 2 is 0.902 bits per heavy atom. The Labute approximate surface area is 319 Å². The predicted octanol–water partition coefficient (Wildman–Crippen LogP) is 9.02. The highest BCUT2D eigenvalue weighted by molar-refractivity contribution is 5.98. The first-order valence-electron chi connectivity index (χ1n) is 14.6. The lowest BCUT2D eigenvalue weighted by Crippen LogP contribution is -2.73. The number of para-hydroxylation sites is 1. The van der Waals surface area contributed by atoms with Crippen molar-refractivity contribution in [2.45, 2.75) is 78.6 Å². The highest BCUT2D eigenvalue weighted by Crippen LogP contribution is 2.61. The number of nitrogens with zero attached hydrogens (tertiary/aromatic N) is 1. The first kappa shape index (κ1) is 53.7. The molecule has 2 aromatic rings. The molecular weight excluding hydrogens is 928 g/mol. The van der Waals surface area contributed by atoms with E-state index in [1.54, 1.807) is 4.94 Å². The summed E-state index contributed by atoms with van der Waals surface area (Å²) in [6.45, 7) is -0.0854. The smallest absolute Gasteiger partial charge is 0.424 e. The van der Waals surface area contributed by atoms with E-state index in [-0.39, 0.29) is 11.1 Å². The van der Waals surface area contributed by atoms with E-state index in [1.165, 1.54) is 18.2 Å². The number of halogens is 24. The monoisotopic (exact) mass is 944 g/mol. The van der Waals surface area contributed by atoms with Gasteiger partial charge < -0.3 is 10.4 Å². The summed E-state index contributed by atoms with van der Waals surface area (Å²) in [7, 11) is 0. The number of hydrogen-bond acceptors (Lipinski definition) is 5. The number of carbonyl (C=O) groups is 4. The molecule has 0 saturated carbocycles. The van der Waals surface area contributed by atoms with Crippen LogP contribution in [0.2, 0.25) is 0 Å². The molecule has 8 nitrogen and oxygen atoms in total. The van der Waals surface area contributed by atoms with Crippen molar-refractivity contribution in [3.05, 3.63) is 65.7 Å². The van der Waals surface area contributed by atoms with E-state index in [9.17, 15) is 125 Å². The zero-order chi connectivity index (χ0) is 48.6. The van der Waals surface area contributed by atoms with E-state index in [0.29, 0.717) is 6.07 Å². The Kier molecular flexibility index (Phi) is 14.8. The maximum atomic E-state index is 13.9. The normalized spacial score (nSPS) is 14.0. The standard InChI is InChI=1S/C15H9F12NO3.C14H7F12NO3/c16-10(17,8(29)28-6-7-4-2-1-3-5-7)12(20,21)14(24,25)15(26,27)13(22,23)11(18,19)9(30)31;1-6-4-2-3-5-7(6)27(25)8(28)10(15,16)12(19,20)14(23,24)13(21,22)11(17,18)9(29)30-26/h1-5H,6H2,(H,28,29)(H,30,31);2-5H,1H3. The first-order chi connectivity index (χ1) is 27.0. The number of anilines is 1. The second kappa shape index (κ2) is 16.8. The van der Waals surface area contributed by atoms with Gasteiger partial charge >= 0.3 is 83.0 Å². The number of alkyl halides is 22. The summed E-state index contributed by atoms with van der Waals surface area (Å²) in [5, 5.41) is 7.02. The minimum Gasteiger partial charge on any atom is -0.477 e. The predicted molar refractivity (Wildman–Crippen MR) is 147 cm³/mol. The van der Waals surface area contributed by atoms with Crippen LogP contribution in [0.4, 0.5) is 111 Å². The Bertz CT molecular complexity index is 1920. The number of carboxylic acid groups (broad SMARTS) is 1. The molecule has 0 aliphatic carbocycles. The number of hydrogen-bond donors (Lipinski definition) is 2. The zero-order valence-electron chi connectivity index (χ0n) is 28.4. The molecule has 61 heavy (non-hydrogen) atoms. The molecule has 2 rings (SSSR count). The molecule has 0 spiro atoms. The summed E-state index contributed by atoms with van der Waals surface area (Å²) in [6.07, 6.45) is 0. The molecule has 0 atom stereocenters. The fraction of sp³-hybridized carbons (Fsp3) is 0.448. The maximum absolute atomic E-state index is 13.9. The van der Waals surface area contributed by atoms with Gasteiger partial charge in [0.05, 0.1) is 5.69 Å². The largest absolute Gasteiger partial charge is 0.477 e. The summed E-state index contributed by atoms with van der Waals surface area (Å²) in [5.74, 6) is -98.4. The molecule has 346 valence electrons. The van der Waals surface area contributed by atoms with Gasteiger partial charge in [-0.05, 0) is 24.1 Å². The van der Waals surface area contributed by atoms with Crippen LogP contribution in [0.25, 0.3) is 0 Å². The van der Waals surface area contributed by atoms with Gasteiger partial charge in [0.15, 0.2) is 0 Å². The van der Waals surface area contributed by atoms with E-state index in [1.807, 2.05) is 0 Å². The fourth-order valence-corrected chi connectivity index (χ4v) is 3.87. The minimum atomic E-state index is -8.06. The minimum absolute atomic E-state index is 0.0697. The number of nitrogens with one attached hydrogen (secondary N) is 1. The van der Waals surface area contributed by atoms with Crippen LogP contribution in [0.15, 0.2) is 54.6 Å². The van der Waals surface area contributed by atoms with E-state index in [0.717, 1.165) is 42.6 Å². The van der Waals surface area contributed by atoms with Gasteiger partial charge in [0.1, 0.15) is 0 Å². The fourth-order valence-electron chi connectivity index (χ4n) is 3.87. The topological polar surface area (TPSA) is 113 Å². The van der Waals surface area contributed by atoms with Gasteiger partial charge in [-0.2, -0.15) is 96.6 Å². The molecule has 32 heteroatoms. The van der Waals surface area contributed by atoms with E-state index >= 15 is 0 Å². The van der Waals surface area contributed by atoms with Crippen LogP contribution in [-0.4, -0.2) is 94.0 Å². The summed E-state index contributed by atoms with van der Waals surface area (Å²) in [6, 6.07) is 9.62. The average Bonchev–Trinajstić information content (AvgIpc) is 3.15. The molecule has 2 N–H and O–H groups in total. The molecule has 0 fully saturated rings. The van der Waals surface area contributed by atoms with Gasteiger partial charge in [0.25, 0.3) is 5.91 Å². The maximum Gasteiger partial charge on any atom is 0.424 e. The number of aryl methyl sites for hydroxylation is 1. The Morgan fingerprint density at radius 1 is 0.541 bits per heavy atom. The molecular formula is C29H16F24N2O6. The summed E-state index contributed by atoms with van der Waals surface area (Å²) in [4.78, 5) is 44.5. The third kappa shape index (κ3) is 8.48. The lowest BCUT2D eigenvalue weighted by Gasteiger charge is -2.39. The van der Waals surface area contributed by atoms with Crippen LogP contribution in [0.3, 0.4) is 0 Å². The van der Waals surface area contributed by atoms with Gasteiger partial charge in [-0.15, -0.1) is 5.12 Å². The second-order valence-electron chi connectivity index (χ2n) is 11.5. The molecule has 0 unspecified atom stereocenters. The van der Waals surface area contributed by atoms with Gasteiger partial charge in [-0.3, -0.25) is 9.59 Å². The molecule has 0 saturated heterocycles. The molecule has 0 bridgehead atoms. The lowest BCUT2D eigenvalue weighted by molar-refractivity contribution is -0.416. The van der Waals surface area contributed by atoms with Crippen molar-refractivity contribution in [3.8, 4) is 0 Å². The van der Waals surface area contributed by atoms with Gasteiger partial charge in [0.2, 0.25) is 0 Å². The summed E-state index contributed by atoms with van der Waals surface area (Å²) in [5.41, 5.74) is -1.65. The van der Waals surface area contributed by atoms with E-state index in [4.69, 9.17) is 5.11 Å². The molecule has 0 aliphatic heterocycles. The lowest BCUT2D eigenvalue weighted by atomic mass is 9.91. The highest BCUT2D eigenvalue weighted by Gasteiger charge is 2.93. The number of carboxylic acids is 1. The Balaban J connectivity index is 0.000000610. The van der Waals surface area contributed by atoms with Crippen LogP contribution in [0.1, 0.15) is 11.1 Å². The Hall–Kier alpha value is -5.36. The van der Waals surface area contributed by atoms with Crippen molar-refractivity contribution in [1.82, 2.24) is 5.32 Å². The summed E-state index contributed by atoms with van der Waals surface area (Å²) < 4.78 is 320. The van der Waals surface area contributed by atoms with Gasteiger partial charge in [0, 0.05) is 11.1 Å². The van der Waals surface area contributed by atoms with Crippen LogP contribution >= 0.6 is 0 Å². The van der Waals surface area contributed by atoms with Crippen molar-refractivity contribution < 1.29 is 135 Å². The molecule has 0 radical (unpaired) electrons. The number of benzene rings is 2. The number of aliphatic carboxylic acids is 1. The van der Waals surface area contributed by atoms with Crippen LogP contribution in [0.5, 0.6) is 0 Å². The number of rotatable bonds is 16. The summed E-state index contributed by atoms with van der Waals surface area (Å²) >= 11 is 0. The molecule has 2 aromatic carbocycles. The number of carbonyl (C=O) groups excluding carboxylic acids is 3. The van der Waals surface area contributed by atoms with Crippen LogP contribution < -0.4 is 10.4 Å². The van der Waals surface area contributed by atoms with Crippen molar-refractivity contribution in [1.29, 1.82) is 0 Å². The third-order valence-corrected chi connectivity index (χ3v) is 7.50. The van der Waals surface area contributed by atoms with Crippen LogP contribution in [0, 0.1) is 6.92 Å². The third-order valence-electron chi connectivity index (χ3n) is 7.50. The highest BCUT2D eigenvalue weighted by atomic mass is 19.4. The molecule has 2 amide bonds. The van der Waals surface area contributed by atoms with Gasteiger partial charge in [-0.25, -0.2) is 14.5 Å². The zero-order valence-corrected chi connectivity index (χ0v) is 28.4. The quantitative estimate of drug-likeness (QED) is 0.128. The molecule has 0 aromatic heterocycles. The van der Waals surface area contributed by atoms with Crippen molar-refractivity contribution in [2.75, 3.05) is 5.12 Å². The second-order valence-corrected chi connectivity index (χ2v) is 11.5. The average molecular weight is 944 g/mol. The van der Waals surface area contributed by atoms with E-state index < -0.39 is 106 Å². The first-order valence-corrected chi connectivity index (χ1v) is 14.6. The SMILES string of the molecule is Cc1ccccc1N(F)C(=O)C(F)(F)C(F)(F)C(F)(F)C(F)(F)C(F)(F)C(=O)OF.O=C(O)C(F)(F)C(F)(F)C(F)(F)C(F)(F)C(F)(F)C(F)(F)C(=O)NCc1ccccc1. The number of amides is 2. The van der Waals surface area contributed by atoms with Crippen molar-refractivity contribution in [2.24, 2.45) is 0 Å². The van der Waals surface area contributed by atoms with Crippen LogP contribution in [-0.2, 0) is 30.7 Å². The molecule has 0 heterocycles. The Morgan fingerprint density at radius 3 is 1.31 bits per heavy atom. The molecule has 0 aliphatic rings.